The molecule has 0 bridgehead atoms. The first kappa shape index (κ1) is 18.3. The van der Waals surface area contributed by atoms with Crippen LogP contribution in [-0.2, 0) is 14.3 Å². The molecule has 0 saturated carbocycles. The van der Waals surface area contributed by atoms with Crippen molar-refractivity contribution < 1.29 is 28.0 Å². The highest BCUT2D eigenvalue weighted by molar-refractivity contribution is 5.93. The van der Waals surface area contributed by atoms with Crippen LogP contribution in [0.5, 0.6) is 0 Å². The molecule has 1 fully saturated rings. The lowest BCUT2D eigenvalue weighted by molar-refractivity contribution is -0.921. The van der Waals surface area contributed by atoms with Gasteiger partial charge in [0.15, 0.2) is 17.7 Å². The van der Waals surface area contributed by atoms with Crippen LogP contribution in [0.4, 0.5) is 14.5 Å². The molecular weight excluding hydrogens is 318 g/mol. The van der Waals surface area contributed by atoms with Gasteiger partial charge in [0.05, 0.1) is 19.7 Å². The molecular formula is C17H23F2N2O3+. The van der Waals surface area contributed by atoms with Crippen LogP contribution in [0.3, 0.4) is 0 Å². The van der Waals surface area contributed by atoms with E-state index in [0.717, 1.165) is 36.4 Å². The van der Waals surface area contributed by atoms with Gasteiger partial charge in [0.1, 0.15) is 5.92 Å². The molecule has 2 N–H and O–H groups in total. The van der Waals surface area contributed by atoms with Crippen LogP contribution in [0.1, 0.15) is 26.7 Å². The van der Waals surface area contributed by atoms with Gasteiger partial charge >= 0.3 is 5.97 Å². The molecule has 24 heavy (non-hydrogen) atoms. The number of rotatable bonds is 5. The van der Waals surface area contributed by atoms with Crippen molar-refractivity contribution in [1.82, 2.24) is 0 Å². The maximum absolute atomic E-state index is 13.2. The molecule has 132 valence electrons. The SMILES string of the molecule is CCOC(=O)[C@H]1CCC[NH+]([C@@H](C)C(=O)Nc2ccc(F)c(F)c2)C1. The first-order valence-electron chi connectivity index (χ1n) is 8.19. The van der Waals surface area contributed by atoms with Crippen molar-refractivity contribution in [3.05, 3.63) is 29.8 Å². The number of carbonyl (C=O) groups is 2. The zero-order chi connectivity index (χ0) is 17.7. The van der Waals surface area contributed by atoms with Crippen LogP contribution in [-0.4, -0.2) is 37.6 Å². The summed E-state index contributed by atoms with van der Waals surface area (Å²) in [6.45, 7) is 5.19. The Morgan fingerprint density at radius 3 is 2.79 bits per heavy atom. The quantitative estimate of drug-likeness (QED) is 0.790. The molecule has 1 aromatic rings. The fourth-order valence-corrected chi connectivity index (χ4v) is 2.96. The van der Waals surface area contributed by atoms with Gasteiger partial charge < -0.3 is 15.0 Å². The van der Waals surface area contributed by atoms with Crippen molar-refractivity contribution >= 4 is 17.6 Å². The van der Waals surface area contributed by atoms with E-state index < -0.39 is 17.7 Å². The number of hydrogen-bond acceptors (Lipinski definition) is 3. The Morgan fingerprint density at radius 1 is 1.38 bits per heavy atom. The standard InChI is InChI=1S/C17H22F2N2O3/c1-3-24-17(23)12-5-4-8-21(10-12)11(2)16(22)20-13-6-7-14(18)15(19)9-13/h6-7,9,11-12H,3-5,8,10H2,1-2H3,(H,20,22)/p+1/t11-,12-/m0/s1. The number of halogens is 2. The van der Waals surface area contributed by atoms with E-state index in [9.17, 15) is 18.4 Å². The number of benzene rings is 1. The van der Waals surface area contributed by atoms with Crippen molar-refractivity contribution in [2.45, 2.75) is 32.7 Å². The van der Waals surface area contributed by atoms with Gasteiger partial charge in [-0.3, -0.25) is 9.59 Å². The van der Waals surface area contributed by atoms with Gasteiger partial charge in [-0.1, -0.05) is 0 Å². The lowest BCUT2D eigenvalue weighted by atomic mass is 9.97. The fourth-order valence-electron chi connectivity index (χ4n) is 2.96. The minimum absolute atomic E-state index is 0.202. The minimum atomic E-state index is -1.01. The van der Waals surface area contributed by atoms with Gasteiger partial charge in [0, 0.05) is 11.8 Å². The van der Waals surface area contributed by atoms with Crippen LogP contribution in [0.15, 0.2) is 18.2 Å². The lowest BCUT2D eigenvalue weighted by Crippen LogP contribution is -3.18. The third kappa shape index (κ3) is 4.50. The summed E-state index contributed by atoms with van der Waals surface area (Å²) in [5, 5.41) is 2.59. The van der Waals surface area contributed by atoms with E-state index in [0.29, 0.717) is 13.2 Å². The average molecular weight is 341 g/mol. The highest BCUT2D eigenvalue weighted by Crippen LogP contribution is 2.14. The van der Waals surface area contributed by atoms with Gasteiger partial charge in [-0.15, -0.1) is 0 Å². The third-order valence-electron chi connectivity index (χ3n) is 4.37. The van der Waals surface area contributed by atoms with E-state index in [1.807, 2.05) is 0 Å². The molecule has 1 aromatic carbocycles. The molecule has 1 amide bonds. The second-order valence-corrected chi connectivity index (χ2v) is 6.04. The number of quaternary nitrogens is 1. The summed E-state index contributed by atoms with van der Waals surface area (Å²) in [5.74, 6) is -2.68. The number of piperidine rings is 1. The third-order valence-corrected chi connectivity index (χ3v) is 4.37. The number of amides is 1. The Labute approximate surface area is 140 Å². The molecule has 3 atom stereocenters. The second kappa shape index (κ2) is 8.19. The van der Waals surface area contributed by atoms with E-state index in [-0.39, 0.29) is 23.5 Å². The summed E-state index contributed by atoms with van der Waals surface area (Å²) in [5.41, 5.74) is 0.212. The molecule has 5 nitrogen and oxygen atoms in total. The van der Waals surface area contributed by atoms with Crippen molar-refractivity contribution in [3.63, 3.8) is 0 Å². The highest BCUT2D eigenvalue weighted by Gasteiger charge is 2.34. The Bertz CT molecular complexity index is 609. The molecule has 1 aliphatic rings. The van der Waals surface area contributed by atoms with Gasteiger partial charge in [-0.05, 0) is 38.8 Å². The van der Waals surface area contributed by atoms with Crippen LogP contribution in [0, 0.1) is 17.6 Å². The zero-order valence-electron chi connectivity index (χ0n) is 13.9. The van der Waals surface area contributed by atoms with Crippen LogP contribution in [0.25, 0.3) is 0 Å². The predicted molar refractivity (Wildman–Crippen MR) is 84.5 cm³/mol. The Hall–Kier alpha value is -2.02. The number of hydrogen-bond donors (Lipinski definition) is 2. The van der Waals surface area contributed by atoms with Crippen molar-refractivity contribution in [3.8, 4) is 0 Å². The normalized spacial score (nSPS) is 21.8. The monoisotopic (exact) mass is 341 g/mol. The number of ether oxygens (including phenoxy) is 1. The van der Waals surface area contributed by atoms with Crippen LogP contribution >= 0.6 is 0 Å². The molecule has 0 aromatic heterocycles. The number of carbonyl (C=O) groups excluding carboxylic acids is 2. The summed E-state index contributed by atoms with van der Waals surface area (Å²) < 4.78 is 31.2. The molecule has 1 saturated heterocycles. The average Bonchev–Trinajstić information content (AvgIpc) is 2.57. The van der Waals surface area contributed by atoms with Gasteiger partial charge in [-0.2, -0.15) is 0 Å². The smallest absolute Gasteiger partial charge is 0.314 e. The Morgan fingerprint density at radius 2 is 2.12 bits per heavy atom. The lowest BCUT2D eigenvalue weighted by Gasteiger charge is -2.32. The molecule has 1 heterocycles. The fraction of sp³-hybridized carbons (Fsp3) is 0.529. The maximum atomic E-state index is 13.2. The van der Waals surface area contributed by atoms with E-state index in [4.69, 9.17) is 4.74 Å². The highest BCUT2D eigenvalue weighted by atomic mass is 19.2. The predicted octanol–water partition coefficient (Wildman–Crippen LogP) is 1.15. The summed E-state index contributed by atoms with van der Waals surface area (Å²) in [6.07, 6.45) is 1.60. The summed E-state index contributed by atoms with van der Waals surface area (Å²) in [7, 11) is 0. The second-order valence-electron chi connectivity index (χ2n) is 6.04. The zero-order valence-corrected chi connectivity index (χ0v) is 13.9. The van der Waals surface area contributed by atoms with E-state index >= 15 is 0 Å². The molecule has 0 spiro atoms. The van der Waals surface area contributed by atoms with Crippen LogP contribution in [0.2, 0.25) is 0 Å². The van der Waals surface area contributed by atoms with Gasteiger partial charge in [0.25, 0.3) is 5.91 Å². The summed E-state index contributed by atoms with van der Waals surface area (Å²) in [6, 6.07) is 2.83. The van der Waals surface area contributed by atoms with Gasteiger partial charge in [-0.25, -0.2) is 8.78 Å². The Balaban J connectivity index is 1.96. The van der Waals surface area contributed by atoms with Crippen molar-refractivity contribution in [2.24, 2.45) is 5.92 Å². The molecule has 1 unspecified atom stereocenters. The minimum Gasteiger partial charge on any atom is -0.466 e. The molecule has 0 aliphatic carbocycles. The van der Waals surface area contributed by atoms with Gasteiger partial charge in [0.2, 0.25) is 0 Å². The van der Waals surface area contributed by atoms with Crippen molar-refractivity contribution in [1.29, 1.82) is 0 Å². The first-order chi connectivity index (χ1) is 11.4. The number of nitrogens with one attached hydrogen (secondary N) is 2. The molecule has 0 radical (unpaired) electrons. The van der Waals surface area contributed by atoms with Crippen molar-refractivity contribution in [2.75, 3.05) is 25.0 Å². The Kier molecular flexibility index (Phi) is 6.25. The number of esters is 1. The first-order valence-corrected chi connectivity index (χ1v) is 8.19. The topological polar surface area (TPSA) is 59.8 Å². The molecule has 1 aliphatic heterocycles. The van der Waals surface area contributed by atoms with E-state index in [1.54, 1.807) is 13.8 Å². The summed E-state index contributed by atoms with van der Waals surface area (Å²) in [4.78, 5) is 25.2. The van der Waals surface area contributed by atoms with E-state index in [1.165, 1.54) is 6.07 Å². The number of anilines is 1. The molecule has 2 rings (SSSR count). The van der Waals surface area contributed by atoms with Crippen LogP contribution < -0.4 is 10.2 Å². The largest absolute Gasteiger partial charge is 0.466 e. The summed E-state index contributed by atoms with van der Waals surface area (Å²) >= 11 is 0. The number of likely N-dealkylation sites (tertiary alicyclic amines) is 1. The maximum Gasteiger partial charge on any atom is 0.314 e. The molecule has 7 heteroatoms. The van der Waals surface area contributed by atoms with E-state index in [2.05, 4.69) is 5.32 Å².